The number of aliphatic hydroxyl groups is 1. The van der Waals surface area contributed by atoms with E-state index >= 15 is 0 Å². The van der Waals surface area contributed by atoms with Gasteiger partial charge in [-0.1, -0.05) is 17.7 Å². The molecular formula is C23H36N2O7S. The lowest BCUT2D eigenvalue weighted by Crippen LogP contribution is -2.59. The Hall–Kier alpha value is -2.17. The number of aryl methyl sites for hydroxylation is 1. The summed E-state index contributed by atoms with van der Waals surface area (Å²) >= 11 is 0. The minimum atomic E-state index is -4.06. The molecule has 1 aliphatic rings. The molecule has 1 aliphatic heterocycles. The second kappa shape index (κ2) is 10.4. The van der Waals surface area contributed by atoms with Crippen LogP contribution in [0.4, 0.5) is 4.79 Å². The van der Waals surface area contributed by atoms with Crippen molar-refractivity contribution < 1.29 is 32.0 Å². The fraction of sp³-hybridized carbons (Fsp3) is 0.652. The van der Waals surface area contributed by atoms with Gasteiger partial charge in [0, 0.05) is 25.4 Å². The Morgan fingerprint density at radius 3 is 2.18 bits per heavy atom. The summed E-state index contributed by atoms with van der Waals surface area (Å²) in [5.41, 5.74) is -0.634. The highest BCUT2D eigenvalue weighted by atomic mass is 32.2. The molecule has 10 heteroatoms. The molecule has 0 radical (unpaired) electrons. The van der Waals surface area contributed by atoms with Crippen LogP contribution in [0.3, 0.4) is 0 Å². The standard InChI is InChI=1S/C23H36N2O7S/c1-16-7-9-19(10-8-16)33(29,30)31-15-23(20(17(2)26)24-18(3)27)11-13-25(14-12-23)21(28)32-22(4,5)6/h7-10,17,20,26H,11-15H2,1-6H3,(H,24,27)/t17-,20+/m0/s1. The summed E-state index contributed by atoms with van der Waals surface area (Å²) in [6.07, 6.45) is -0.804. The van der Waals surface area contributed by atoms with Gasteiger partial charge in [-0.3, -0.25) is 8.98 Å². The number of ether oxygens (including phenoxy) is 1. The molecule has 186 valence electrons. The van der Waals surface area contributed by atoms with E-state index in [1.807, 2.05) is 6.92 Å². The zero-order valence-corrected chi connectivity index (χ0v) is 21.1. The van der Waals surface area contributed by atoms with Gasteiger partial charge >= 0.3 is 6.09 Å². The van der Waals surface area contributed by atoms with Crippen LogP contribution in [-0.2, 0) is 23.8 Å². The third kappa shape index (κ3) is 7.41. The fourth-order valence-corrected chi connectivity index (χ4v) is 4.97. The number of nitrogens with zero attached hydrogens (tertiary/aromatic N) is 1. The molecule has 1 fully saturated rings. The maximum Gasteiger partial charge on any atom is 0.410 e. The molecule has 0 saturated carbocycles. The molecule has 1 aromatic rings. The summed E-state index contributed by atoms with van der Waals surface area (Å²) in [7, 11) is -4.06. The van der Waals surface area contributed by atoms with Gasteiger partial charge in [-0.15, -0.1) is 0 Å². The van der Waals surface area contributed by atoms with Gasteiger partial charge in [-0.25, -0.2) is 4.79 Å². The van der Waals surface area contributed by atoms with Gasteiger partial charge in [0.2, 0.25) is 5.91 Å². The third-order valence-corrected chi connectivity index (χ3v) is 7.00. The highest BCUT2D eigenvalue weighted by molar-refractivity contribution is 7.86. The van der Waals surface area contributed by atoms with Crippen LogP contribution in [0.15, 0.2) is 29.2 Å². The lowest BCUT2D eigenvalue weighted by Gasteiger charge is -2.47. The lowest BCUT2D eigenvalue weighted by atomic mass is 9.71. The number of aliphatic hydroxyl groups excluding tert-OH is 1. The van der Waals surface area contributed by atoms with Crippen molar-refractivity contribution >= 4 is 22.1 Å². The summed E-state index contributed by atoms with van der Waals surface area (Å²) in [6, 6.07) is 5.55. The van der Waals surface area contributed by atoms with Crippen LogP contribution >= 0.6 is 0 Å². The molecule has 0 aliphatic carbocycles. The second-order valence-corrected chi connectivity index (χ2v) is 11.4. The van der Waals surface area contributed by atoms with E-state index in [4.69, 9.17) is 8.92 Å². The van der Waals surface area contributed by atoms with E-state index < -0.39 is 39.4 Å². The van der Waals surface area contributed by atoms with Crippen LogP contribution in [0, 0.1) is 12.3 Å². The SMILES string of the molecule is CC(=O)N[C@H]([C@H](C)O)C1(COS(=O)(=O)c2ccc(C)cc2)CCN(C(=O)OC(C)(C)C)CC1. The number of hydrogen-bond donors (Lipinski definition) is 2. The van der Waals surface area contributed by atoms with Gasteiger partial charge in [0.25, 0.3) is 10.1 Å². The molecule has 0 aromatic heterocycles. The van der Waals surface area contributed by atoms with Crippen LogP contribution in [0.25, 0.3) is 0 Å². The van der Waals surface area contributed by atoms with Gasteiger partial charge in [-0.2, -0.15) is 8.42 Å². The summed E-state index contributed by atoms with van der Waals surface area (Å²) in [5, 5.41) is 13.2. The summed E-state index contributed by atoms with van der Waals surface area (Å²) in [4.78, 5) is 25.9. The number of carbonyl (C=O) groups excluding carboxylic acids is 2. The topological polar surface area (TPSA) is 122 Å². The summed E-state index contributed by atoms with van der Waals surface area (Å²) < 4.78 is 36.5. The van der Waals surface area contributed by atoms with Crippen molar-refractivity contribution in [2.24, 2.45) is 5.41 Å². The molecule has 2 atom stereocenters. The first-order valence-corrected chi connectivity index (χ1v) is 12.5. The molecule has 9 nitrogen and oxygen atoms in total. The van der Waals surface area contributed by atoms with Gasteiger partial charge in [-0.05, 0) is 59.6 Å². The molecule has 33 heavy (non-hydrogen) atoms. The van der Waals surface area contributed by atoms with Crippen molar-refractivity contribution in [1.29, 1.82) is 0 Å². The number of piperidine rings is 1. The maximum absolute atomic E-state index is 12.8. The van der Waals surface area contributed by atoms with Gasteiger partial charge in [0.15, 0.2) is 0 Å². The largest absolute Gasteiger partial charge is 0.444 e. The van der Waals surface area contributed by atoms with E-state index in [1.165, 1.54) is 26.0 Å². The van der Waals surface area contributed by atoms with Crippen LogP contribution in [0.2, 0.25) is 0 Å². The molecule has 0 unspecified atom stereocenters. The lowest BCUT2D eigenvalue weighted by molar-refractivity contribution is -0.123. The predicted molar refractivity (Wildman–Crippen MR) is 123 cm³/mol. The normalized spacial score (nSPS) is 18.3. The highest BCUT2D eigenvalue weighted by Gasteiger charge is 2.46. The van der Waals surface area contributed by atoms with Crippen molar-refractivity contribution in [2.45, 2.75) is 77.0 Å². The van der Waals surface area contributed by atoms with Gasteiger partial charge < -0.3 is 20.1 Å². The Balaban J connectivity index is 2.26. The Morgan fingerprint density at radius 1 is 1.18 bits per heavy atom. The van der Waals surface area contributed by atoms with Crippen molar-refractivity contribution in [3.8, 4) is 0 Å². The summed E-state index contributed by atoms with van der Waals surface area (Å²) in [6.45, 7) is 10.4. The summed E-state index contributed by atoms with van der Waals surface area (Å²) in [5.74, 6) is -0.351. The average molecular weight is 485 g/mol. The van der Waals surface area contributed by atoms with Crippen molar-refractivity contribution in [3.05, 3.63) is 29.8 Å². The number of likely N-dealkylation sites (tertiary alicyclic amines) is 1. The van der Waals surface area contributed by atoms with Gasteiger partial charge in [0.1, 0.15) is 5.60 Å². The zero-order chi connectivity index (χ0) is 25.0. The number of carbonyl (C=O) groups is 2. The van der Waals surface area contributed by atoms with Crippen LogP contribution in [-0.4, -0.2) is 67.9 Å². The van der Waals surface area contributed by atoms with Crippen molar-refractivity contribution in [3.63, 3.8) is 0 Å². The van der Waals surface area contributed by atoms with E-state index in [2.05, 4.69) is 5.32 Å². The van der Waals surface area contributed by atoms with E-state index in [9.17, 15) is 23.1 Å². The Kier molecular flexibility index (Phi) is 8.53. The number of benzene rings is 1. The van der Waals surface area contributed by atoms with E-state index in [-0.39, 0.29) is 30.5 Å². The molecule has 0 bridgehead atoms. The van der Waals surface area contributed by atoms with Gasteiger partial charge in [0.05, 0.1) is 23.6 Å². The molecule has 1 saturated heterocycles. The quantitative estimate of drug-likeness (QED) is 0.571. The molecule has 2 amide bonds. The number of hydrogen-bond acceptors (Lipinski definition) is 7. The Bertz CT molecular complexity index is 929. The van der Waals surface area contributed by atoms with Crippen molar-refractivity contribution in [1.82, 2.24) is 10.2 Å². The molecule has 0 spiro atoms. The van der Waals surface area contributed by atoms with E-state index in [1.54, 1.807) is 37.8 Å². The van der Waals surface area contributed by atoms with Crippen LogP contribution < -0.4 is 5.32 Å². The average Bonchev–Trinajstić information content (AvgIpc) is 2.70. The van der Waals surface area contributed by atoms with Crippen LogP contribution in [0.5, 0.6) is 0 Å². The molecular weight excluding hydrogens is 448 g/mol. The smallest absolute Gasteiger partial charge is 0.410 e. The third-order valence-electron chi connectivity index (χ3n) is 5.72. The Labute approximate surface area is 196 Å². The number of rotatable bonds is 7. The second-order valence-electron chi connectivity index (χ2n) is 9.78. The van der Waals surface area contributed by atoms with E-state index in [0.29, 0.717) is 12.8 Å². The first kappa shape index (κ1) is 27.1. The predicted octanol–water partition coefficient (Wildman–Crippen LogP) is 2.60. The zero-order valence-electron chi connectivity index (χ0n) is 20.3. The monoisotopic (exact) mass is 484 g/mol. The molecule has 1 aromatic carbocycles. The Morgan fingerprint density at radius 2 is 1.73 bits per heavy atom. The fourth-order valence-electron chi connectivity index (χ4n) is 3.98. The van der Waals surface area contributed by atoms with Crippen LogP contribution in [0.1, 0.15) is 53.0 Å². The van der Waals surface area contributed by atoms with E-state index in [0.717, 1.165) is 5.56 Å². The number of amides is 2. The minimum absolute atomic E-state index is 0.0302. The first-order chi connectivity index (χ1) is 15.2. The molecule has 2 N–H and O–H groups in total. The maximum atomic E-state index is 12.8. The minimum Gasteiger partial charge on any atom is -0.444 e. The number of nitrogens with one attached hydrogen (secondary N) is 1. The first-order valence-electron chi connectivity index (χ1n) is 11.0. The highest BCUT2D eigenvalue weighted by Crippen LogP contribution is 2.38. The molecule has 2 rings (SSSR count). The van der Waals surface area contributed by atoms with Crippen molar-refractivity contribution in [2.75, 3.05) is 19.7 Å². The molecule has 1 heterocycles.